The number of hydrogen-bond acceptors (Lipinski definition) is 2. The Morgan fingerprint density at radius 1 is 1.85 bits per heavy atom. The zero-order chi connectivity index (χ0) is 12.3. The topological polar surface area (TPSA) is 42.3 Å². The van der Waals surface area contributed by atoms with Crippen LogP contribution in [-0.2, 0) is 11.0 Å². The molecule has 0 fully saturated rings. The summed E-state index contributed by atoms with van der Waals surface area (Å²) >= 11 is 3.14. The van der Waals surface area contributed by atoms with Crippen molar-refractivity contribution in [3.63, 3.8) is 0 Å². The molecule has 0 aliphatic carbocycles. The average molecular weight is 264 g/mol. The molecule has 5 heteroatoms. The summed E-state index contributed by atoms with van der Waals surface area (Å²) in [7, 11) is -1.56. The highest BCUT2D eigenvalue weighted by atomic mass is 79.9. The number of halogens is 1. The highest BCUT2D eigenvalue weighted by Crippen LogP contribution is 2.09. The van der Waals surface area contributed by atoms with E-state index in [-0.39, 0.29) is 5.71 Å². The van der Waals surface area contributed by atoms with Crippen molar-refractivity contribution in [3.8, 4) is 0 Å². The molecule has 0 bridgehead atoms. The number of pyridine rings is 1. The Bertz CT molecular complexity index is 447. The Labute approximate surface area is 92.2 Å². The summed E-state index contributed by atoms with van der Waals surface area (Å²) in [5.74, 6) is 0. The van der Waals surface area contributed by atoms with Crippen LogP contribution in [0.3, 0.4) is 0 Å². The van der Waals surface area contributed by atoms with E-state index in [1.165, 1.54) is 24.6 Å². The summed E-state index contributed by atoms with van der Waals surface area (Å²) in [6.07, 6.45) is 2.78. The first-order chi connectivity index (χ1) is 7.30. The average Bonchev–Trinajstić information content (AvgIpc) is 2.12. The monoisotopic (exact) mass is 263 g/mol. The minimum atomic E-state index is -2.40. The molecule has 13 heavy (non-hydrogen) atoms. The quantitative estimate of drug-likeness (QED) is 0.605. The van der Waals surface area contributed by atoms with Gasteiger partial charge in [-0.15, -0.1) is 0 Å². The van der Waals surface area contributed by atoms with Gasteiger partial charge in [0.2, 0.25) is 0 Å². The third-order valence-electron chi connectivity index (χ3n) is 1.22. The molecule has 0 saturated heterocycles. The fourth-order valence-electron chi connectivity index (χ4n) is 0.731. The lowest BCUT2D eigenvalue weighted by Gasteiger charge is -1.98. The summed E-state index contributed by atoms with van der Waals surface area (Å²) < 4.78 is 37.1. The van der Waals surface area contributed by atoms with Crippen LogP contribution in [0.15, 0.2) is 27.3 Å². The highest BCUT2D eigenvalue weighted by Gasteiger charge is 1.98. The van der Waals surface area contributed by atoms with Crippen molar-refractivity contribution in [2.24, 2.45) is 4.40 Å². The summed E-state index contributed by atoms with van der Waals surface area (Å²) in [5.41, 5.74) is 0.216. The first-order valence-corrected chi connectivity index (χ1v) is 5.66. The third kappa shape index (κ3) is 3.36. The summed E-state index contributed by atoms with van der Waals surface area (Å²) in [4.78, 5) is 3.89. The fourth-order valence-corrected chi connectivity index (χ4v) is 1.46. The maximum Gasteiger partial charge on any atom is 0.136 e. The van der Waals surface area contributed by atoms with Gasteiger partial charge in [0.05, 0.1) is 5.71 Å². The highest BCUT2D eigenvalue weighted by molar-refractivity contribution is 9.10. The van der Waals surface area contributed by atoms with Gasteiger partial charge >= 0.3 is 0 Å². The third-order valence-corrected chi connectivity index (χ3v) is 2.09. The minimum Gasteiger partial charge on any atom is -0.249 e. The summed E-state index contributed by atoms with van der Waals surface area (Å²) in [6, 6.07) is 3.04. The van der Waals surface area contributed by atoms with E-state index in [0.717, 1.165) is 0 Å². The number of hydrogen-bond donors (Lipinski definition) is 0. The molecule has 1 atom stereocenters. The lowest BCUT2D eigenvalue weighted by Crippen LogP contribution is -1.97. The van der Waals surface area contributed by atoms with Gasteiger partial charge in [-0.1, -0.05) is 0 Å². The normalized spacial score (nSPS) is 18.6. The van der Waals surface area contributed by atoms with Crippen molar-refractivity contribution in [2.45, 2.75) is 6.85 Å². The van der Waals surface area contributed by atoms with Gasteiger partial charge in [0, 0.05) is 22.1 Å². The lowest BCUT2D eigenvalue weighted by atomic mass is 10.2. The van der Waals surface area contributed by atoms with E-state index in [1.54, 1.807) is 0 Å². The molecule has 0 aliphatic rings. The molecule has 0 N–H and O–H groups in total. The molecular weight excluding hydrogens is 252 g/mol. The molecule has 0 unspecified atom stereocenters. The zero-order valence-electron chi connectivity index (χ0n) is 9.82. The van der Waals surface area contributed by atoms with Gasteiger partial charge in [-0.3, -0.25) is 0 Å². The van der Waals surface area contributed by atoms with Gasteiger partial charge in [-0.05, 0) is 34.9 Å². The second kappa shape index (κ2) is 4.62. The van der Waals surface area contributed by atoms with Crippen LogP contribution in [0, 0.1) is 0 Å². The van der Waals surface area contributed by atoms with E-state index in [9.17, 15) is 4.21 Å². The van der Waals surface area contributed by atoms with E-state index in [1.807, 2.05) is 0 Å². The number of rotatable bonds is 2. The molecule has 1 rings (SSSR count). The molecule has 1 heterocycles. The first-order valence-electron chi connectivity index (χ1n) is 4.85. The van der Waals surface area contributed by atoms with E-state index >= 15 is 0 Å². The standard InChI is InChI=1S/C8H9BrN2OS/c1-6(11-13(2)12)7-3-4-10-8(9)5-7/h3-5H,1-2H3/t13-/m1/s1/i1D3. The van der Waals surface area contributed by atoms with E-state index < -0.39 is 17.8 Å². The number of nitrogens with zero attached hydrogens (tertiary/aromatic N) is 2. The van der Waals surface area contributed by atoms with E-state index in [2.05, 4.69) is 25.3 Å². The predicted molar refractivity (Wildman–Crippen MR) is 58.2 cm³/mol. The SMILES string of the molecule is [2H]C([2H])([2H])C(=N[S@@](C)=O)c1ccnc(Br)c1. The smallest absolute Gasteiger partial charge is 0.136 e. The van der Waals surface area contributed by atoms with Crippen LogP contribution in [0.4, 0.5) is 0 Å². The van der Waals surface area contributed by atoms with Gasteiger partial charge in [0.1, 0.15) is 15.6 Å². The van der Waals surface area contributed by atoms with Gasteiger partial charge in [0.25, 0.3) is 0 Å². The lowest BCUT2D eigenvalue weighted by molar-refractivity contribution is 0.688. The molecular formula is C8H9BrN2OS. The minimum absolute atomic E-state index is 0.170. The molecule has 1 aromatic rings. The largest absolute Gasteiger partial charge is 0.249 e. The van der Waals surface area contributed by atoms with Crippen molar-refractivity contribution in [1.82, 2.24) is 4.98 Å². The Morgan fingerprint density at radius 2 is 2.62 bits per heavy atom. The Hall–Kier alpha value is -0.550. The molecule has 0 amide bonds. The summed E-state index contributed by atoms with van der Waals surface area (Å²) in [5, 5.41) is 0. The van der Waals surface area contributed by atoms with Crippen LogP contribution < -0.4 is 0 Å². The van der Waals surface area contributed by atoms with Crippen LogP contribution in [0.25, 0.3) is 0 Å². The molecule has 0 aromatic carbocycles. The Balaban J connectivity index is 3.28. The molecule has 1 aromatic heterocycles. The molecule has 0 spiro atoms. The number of aromatic nitrogens is 1. The van der Waals surface area contributed by atoms with Crippen molar-refractivity contribution in [1.29, 1.82) is 0 Å². The second-order valence-electron chi connectivity index (χ2n) is 2.23. The van der Waals surface area contributed by atoms with E-state index in [0.29, 0.717) is 10.2 Å². The Morgan fingerprint density at radius 3 is 3.15 bits per heavy atom. The second-order valence-corrected chi connectivity index (χ2v) is 4.07. The van der Waals surface area contributed by atoms with Gasteiger partial charge in [-0.2, -0.15) is 4.40 Å². The van der Waals surface area contributed by atoms with Crippen LogP contribution in [-0.4, -0.2) is 21.2 Å². The molecule has 3 nitrogen and oxygen atoms in total. The first kappa shape index (κ1) is 6.84. The molecule has 0 radical (unpaired) electrons. The van der Waals surface area contributed by atoms with E-state index in [4.69, 9.17) is 4.11 Å². The maximum atomic E-state index is 11.0. The van der Waals surface area contributed by atoms with Crippen molar-refractivity contribution in [3.05, 3.63) is 28.5 Å². The van der Waals surface area contributed by atoms with Crippen molar-refractivity contribution >= 4 is 32.6 Å². The van der Waals surface area contributed by atoms with Crippen LogP contribution in [0.1, 0.15) is 16.5 Å². The van der Waals surface area contributed by atoms with Gasteiger partial charge < -0.3 is 0 Å². The van der Waals surface area contributed by atoms with Gasteiger partial charge in [0.15, 0.2) is 0 Å². The molecule has 70 valence electrons. The summed E-state index contributed by atoms with van der Waals surface area (Å²) in [6.45, 7) is -2.40. The molecule has 0 saturated carbocycles. The van der Waals surface area contributed by atoms with Crippen LogP contribution in [0.5, 0.6) is 0 Å². The van der Waals surface area contributed by atoms with Gasteiger partial charge in [-0.25, -0.2) is 9.19 Å². The van der Waals surface area contributed by atoms with Crippen LogP contribution in [0.2, 0.25) is 0 Å². The van der Waals surface area contributed by atoms with Crippen molar-refractivity contribution in [2.75, 3.05) is 6.26 Å². The maximum absolute atomic E-state index is 11.0. The zero-order valence-corrected chi connectivity index (χ0v) is 9.22. The van der Waals surface area contributed by atoms with Crippen molar-refractivity contribution < 1.29 is 8.32 Å². The molecule has 0 aliphatic heterocycles. The Kier molecular flexibility index (Phi) is 2.43. The predicted octanol–water partition coefficient (Wildman–Crippen LogP) is 1.95. The van der Waals surface area contributed by atoms with Crippen LogP contribution >= 0.6 is 15.9 Å². The fraction of sp³-hybridized carbons (Fsp3) is 0.250.